The molecule has 126 valence electrons. The van der Waals surface area contributed by atoms with E-state index in [0.717, 1.165) is 19.5 Å². The maximum Gasteiger partial charge on any atom is 0.271 e. The Hall–Kier alpha value is -1.79. The molecule has 0 spiro atoms. The number of amides is 1. The lowest BCUT2D eigenvalue weighted by Gasteiger charge is -2.18. The van der Waals surface area contributed by atoms with Gasteiger partial charge in [-0.05, 0) is 30.7 Å². The molecule has 2 aromatic rings. The maximum atomic E-state index is 12.3. The summed E-state index contributed by atoms with van der Waals surface area (Å²) in [4.78, 5) is 22.9. The molecule has 1 saturated heterocycles. The average molecular weight is 363 g/mol. The molecule has 1 atom stereocenters. The Labute approximate surface area is 150 Å². The van der Waals surface area contributed by atoms with E-state index in [1.54, 1.807) is 0 Å². The number of benzene rings is 1. The van der Waals surface area contributed by atoms with Crippen molar-refractivity contribution in [1.29, 1.82) is 0 Å². The van der Waals surface area contributed by atoms with E-state index in [1.165, 1.54) is 23.6 Å². The zero-order valence-electron chi connectivity index (χ0n) is 13.4. The molecule has 0 bridgehead atoms. The highest BCUT2D eigenvalue weighted by molar-refractivity contribution is 7.98. The summed E-state index contributed by atoms with van der Waals surface area (Å²) in [6, 6.07) is 10.3. The minimum Gasteiger partial charge on any atom is -0.371 e. The Morgan fingerprint density at radius 3 is 2.96 bits per heavy atom. The number of hydrogen-bond donors (Lipinski definition) is 1. The van der Waals surface area contributed by atoms with Crippen LogP contribution in [0.15, 0.2) is 41.7 Å². The van der Waals surface area contributed by atoms with Crippen LogP contribution in [0, 0.1) is 5.92 Å². The lowest BCUT2D eigenvalue weighted by Crippen LogP contribution is -2.31. The molecule has 1 amide bonds. The van der Waals surface area contributed by atoms with Crippen molar-refractivity contribution in [2.75, 3.05) is 30.8 Å². The number of hydrogen-bond acceptors (Lipinski definition) is 5. The second-order valence-corrected chi connectivity index (χ2v) is 6.88. The molecule has 0 saturated carbocycles. The molecule has 7 heteroatoms. The topological polar surface area (TPSA) is 58.1 Å². The van der Waals surface area contributed by atoms with Crippen LogP contribution in [0.1, 0.15) is 16.9 Å². The highest BCUT2D eigenvalue weighted by atomic mass is 35.5. The van der Waals surface area contributed by atoms with Crippen molar-refractivity contribution in [2.24, 2.45) is 5.92 Å². The Morgan fingerprint density at radius 1 is 1.42 bits per heavy atom. The highest BCUT2D eigenvalue weighted by Gasteiger charge is 2.24. The lowest BCUT2D eigenvalue weighted by molar-refractivity contribution is 0.0942. The normalized spacial score (nSPS) is 17.1. The van der Waals surface area contributed by atoms with Crippen molar-refractivity contribution in [3.05, 3.63) is 47.2 Å². The number of nitrogens with one attached hydrogen (secondary N) is 1. The molecule has 1 N–H and O–H groups in total. The summed E-state index contributed by atoms with van der Waals surface area (Å²) in [6.07, 6.45) is 4.40. The number of thioether (sulfide) groups is 1. The molecule has 1 fully saturated rings. The Morgan fingerprint density at radius 2 is 2.21 bits per heavy atom. The monoisotopic (exact) mass is 362 g/mol. The first-order valence-electron chi connectivity index (χ1n) is 7.82. The van der Waals surface area contributed by atoms with E-state index in [2.05, 4.69) is 32.3 Å². The quantitative estimate of drug-likeness (QED) is 0.654. The van der Waals surface area contributed by atoms with Gasteiger partial charge in [0.05, 0.1) is 11.2 Å². The maximum absolute atomic E-state index is 12.3. The summed E-state index contributed by atoms with van der Waals surface area (Å²) in [5.74, 6) is 0.186. The number of rotatable bonds is 5. The van der Waals surface area contributed by atoms with Gasteiger partial charge in [-0.3, -0.25) is 4.79 Å². The predicted octanol–water partition coefficient (Wildman–Crippen LogP) is 3.11. The smallest absolute Gasteiger partial charge is 0.271 e. The number of anilines is 1. The molecule has 24 heavy (non-hydrogen) atoms. The van der Waals surface area contributed by atoms with Gasteiger partial charge >= 0.3 is 0 Å². The Kier molecular flexibility index (Phi) is 5.58. The molecule has 0 unspecified atom stereocenters. The van der Waals surface area contributed by atoms with Crippen molar-refractivity contribution in [1.82, 2.24) is 15.3 Å². The largest absolute Gasteiger partial charge is 0.371 e. The van der Waals surface area contributed by atoms with Crippen molar-refractivity contribution < 1.29 is 4.79 Å². The number of aromatic nitrogens is 2. The van der Waals surface area contributed by atoms with Gasteiger partial charge < -0.3 is 10.2 Å². The van der Waals surface area contributed by atoms with Crippen LogP contribution in [0.5, 0.6) is 0 Å². The zero-order valence-corrected chi connectivity index (χ0v) is 15.0. The number of nitrogens with zero attached hydrogens (tertiary/aromatic N) is 3. The van der Waals surface area contributed by atoms with Crippen molar-refractivity contribution >= 4 is 35.0 Å². The van der Waals surface area contributed by atoms with E-state index in [-0.39, 0.29) is 16.6 Å². The third kappa shape index (κ3) is 3.99. The highest BCUT2D eigenvalue weighted by Crippen LogP contribution is 2.23. The van der Waals surface area contributed by atoms with Gasteiger partial charge in [-0.1, -0.05) is 41.6 Å². The molecule has 1 aromatic carbocycles. The minimum atomic E-state index is -0.240. The van der Waals surface area contributed by atoms with E-state index >= 15 is 0 Å². The lowest BCUT2D eigenvalue weighted by atomic mass is 10.1. The molecule has 0 radical (unpaired) electrons. The second-order valence-electron chi connectivity index (χ2n) is 5.70. The molecular formula is C17H19ClN4OS. The van der Waals surface area contributed by atoms with E-state index < -0.39 is 0 Å². The third-order valence-electron chi connectivity index (χ3n) is 4.08. The van der Waals surface area contributed by atoms with E-state index in [4.69, 9.17) is 11.6 Å². The fraction of sp³-hybridized carbons (Fsp3) is 0.353. The summed E-state index contributed by atoms with van der Waals surface area (Å²) in [5.41, 5.74) is 1.48. The summed E-state index contributed by atoms with van der Waals surface area (Å²) in [7, 11) is 0. The summed E-state index contributed by atoms with van der Waals surface area (Å²) in [5, 5.41) is 3.78. The van der Waals surface area contributed by atoms with Crippen LogP contribution in [-0.2, 0) is 0 Å². The first-order chi connectivity index (χ1) is 11.7. The summed E-state index contributed by atoms with van der Waals surface area (Å²) >= 11 is 7.43. The van der Waals surface area contributed by atoms with Gasteiger partial charge in [-0.2, -0.15) is 0 Å². The SMILES string of the molecule is CSc1ncc(Cl)c(C(=O)NC[C@@H]2CCN(c3ccccc3)C2)n1. The van der Waals surface area contributed by atoms with Crippen LogP contribution in [0.2, 0.25) is 5.02 Å². The van der Waals surface area contributed by atoms with Gasteiger partial charge in [-0.15, -0.1) is 0 Å². The van der Waals surface area contributed by atoms with Gasteiger partial charge in [0.15, 0.2) is 10.9 Å². The van der Waals surface area contributed by atoms with Crippen molar-refractivity contribution in [2.45, 2.75) is 11.6 Å². The zero-order chi connectivity index (χ0) is 16.9. The summed E-state index contributed by atoms with van der Waals surface area (Å²) in [6.45, 7) is 2.57. The second kappa shape index (κ2) is 7.85. The van der Waals surface area contributed by atoms with E-state index in [0.29, 0.717) is 17.6 Å². The van der Waals surface area contributed by atoms with Crippen LogP contribution < -0.4 is 10.2 Å². The van der Waals surface area contributed by atoms with Gasteiger partial charge in [0.25, 0.3) is 5.91 Å². The molecular weight excluding hydrogens is 344 g/mol. The predicted molar refractivity (Wildman–Crippen MR) is 97.9 cm³/mol. The van der Waals surface area contributed by atoms with Crippen molar-refractivity contribution in [3.8, 4) is 0 Å². The van der Waals surface area contributed by atoms with Crippen LogP contribution in [0.25, 0.3) is 0 Å². The van der Waals surface area contributed by atoms with Gasteiger partial charge in [0.2, 0.25) is 0 Å². The fourth-order valence-corrected chi connectivity index (χ4v) is 3.32. The average Bonchev–Trinajstić information content (AvgIpc) is 3.10. The molecule has 0 aliphatic carbocycles. The molecule has 1 aliphatic heterocycles. The van der Waals surface area contributed by atoms with Crippen LogP contribution in [-0.4, -0.2) is 41.8 Å². The van der Waals surface area contributed by atoms with E-state index in [1.807, 2.05) is 24.5 Å². The summed E-state index contributed by atoms with van der Waals surface area (Å²) < 4.78 is 0. The molecule has 1 aliphatic rings. The molecule has 5 nitrogen and oxygen atoms in total. The Balaban J connectivity index is 1.56. The first kappa shape index (κ1) is 17.0. The van der Waals surface area contributed by atoms with Gasteiger partial charge in [-0.25, -0.2) is 9.97 Å². The van der Waals surface area contributed by atoms with Crippen LogP contribution in [0.3, 0.4) is 0 Å². The number of para-hydroxylation sites is 1. The molecule has 1 aromatic heterocycles. The fourth-order valence-electron chi connectivity index (χ4n) is 2.80. The van der Waals surface area contributed by atoms with Gasteiger partial charge in [0, 0.05) is 25.3 Å². The van der Waals surface area contributed by atoms with Crippen LogP contribution >= 0.6 is 23.4 Å². The number of carbonyl (C=O) groups excluding carboxylic acids is 1. The van der Waals surface area contributed by atoms with Crippen molar-refractivity contribution in [3.63, 3.8) is 0 Å². The first-order valence-corrected chi connectivity index (χ1v) is 9.42. The molecule has 2 heterocycles. The number of halogens is 1. The third-order valence-corrected chi connectivity index (χ3v) is 4.92. The number of carbonyl (C=O) groups is 1. The van der Waals surface area contributed by atoms with Gasteiger partial charge in [0.1, 0.15) is 0 Å². The molecule has 3 rings (SSSR count). The standard InChI is InChI=1S/C17H19ClN4OS/c1-24-17-20-10-14(18)15(21-17)16(23)19-9-12-7-8-22(11-12)13-5-3-2-4-6-13/h2-6,10,12H,7-9,11H2,1H3,(H,19,23)/t12-/m0/s1. The van der Waals surface area contributed by atoms with Crippen LogP contribution in [0.4, 0.5) is 5.69 Å². The van der Waals surface area contributed by atoms with E-state index in [9.17, 15) is 4.79 Å². The minimum absolute atomic E-state index is 0.240. The Bertz CT molecular complexity index is 713.